The fourth-order valence-electron chi connectivity index (χ4n) is 3.20. The van der Waals surface area contributed by atoms with E-state index in [1.165, 1.54) is 6.07 Å². The summed E-state index contributed by atoms with van der Waals surface area (Å²) in [5, 5.41) is 28.0. The van der Waals surface area contributed by atoms with Crippen LogP contribution in [0, 0.1) is 0 Å². The molecule has 2 aromatic rings. The molecule has 0 aliphatic heterocycles. The van der Waals surface area contributed by atoms with Gasteiger partial charge in [0.05, 0.1) is 46.9 Å². The zero-order valence-corrected chi connectivity index (χ0v) is 13.9. The molecule has 1 aliphatic carbocycles. The number of nitrogen functional groups attached to an aromatic ring is 2. The van der Waals surface area contributed by atoms with Gasteiger partial charge in [0.2, 0.25) is 0 Å². The van der Waals surface area contributed by atoms with Gasteiger partial charge in [-0.05, 0) is 0 Å². The lowest BCUT2D eigenvalue weighted by molar-refractivity contribution is 0.0653. The van der Waals surface area contributed by atoms with E-state index in [-0.39, 0.29) is 35.6 Å². The third-order valence-corrected chi connectivity index (χ3v) is 4.27. The Bertz CT molecular complexity index is 1040. The number of anilines is 2. The summed E-state index contributed by atoms with van der Waals surface area (Å²) in [5.41, 5.74) is 10.1. The summed E-state index contributed by atoms with van der Waals surface area (Å²) >= 11 is 0. The molecule has 0 amide bonds. The molecule has 1 aliphatic rings. The summed E-state index contributed by atoms with van der Waals surface area (Å²) in [6.07, 6.45) is 0. The third-order valence-electron chi connectivity index (χ3n) is 4.27. The minimum Gasteiger partial charge on any atom is -0.478 e. The standard InChI is InChI=1S/C18H15N3O6/c19-13-9-10(14(20)12(18(26)27)11(13)17(24)25)16(23)8-4-2-1-3-7(8)15(9)21-5-6-22/h1-4,22H,5-6,19-20H2,(H,24,25)(H,26,27). The number of nitrogens with two attached hydrogens (primary N) is 2. The van der Waals surface area contributed by atoms with E-state index in [1.807, 2.05) is 0 Å². The van der Waals surface area contributed by atoms with Crippen LogP contribution in [0.25, 0.3) is 0 Å². The topological polar surface area (TPSA) is 176 Å². The molecule has 0 aromatic heterocycles. The van der Waals surface area contributed by atoms with Gasteiger partial charge in [0.25, 0.3) is 0 Å². The molecule has 0 fully saturated rings. The molecule has 138 valence electrons. The van der Waals surface area contributed by atoms with Crippen molar-refractivity contribution in [1.29, 1.82) is 0 Å². The first-order valence-corrected chi connectivity index (χ1v) is 7.82. The number of hydrogen-bond acceptors (Lipinski definition) is 7. The fourth-order valence-corrected chi connectivity index (χ4v) is 3.20. The number of hydrogen-bond donors (Lipinski definition) is 5. The lowest BCUT2D eigenvalue weighted by Gasteiger charge is -2.25. The van der Waals surface area contributed by atoms with E-state index in [0.29, 0.717) is 5.56 Å². The summed E-state index contributed by atoms with van der Waals surface area (Å²) in [6.45, 7) is -0.316. The van der Waals surface area contributed by atoms with Crippen molar-refractivity contribution in [2.75, 3.05) is 24.6 Å². The van der Waals surface area contributed by atoms with Crippen molar-refractivity contribution >= 4 is 34.8 Å². The van der Waals surface area contributed by atoms with Gasteiger partial charge in [0.15, 0.2) is 5.78 Å². The van der Waals surface area contributed by atoms with Crippen LogP contribution in [0.3, 0.4) is 0 Å². The lowest BCUT2D eigenvalue weighted by atomic mass is 9.79. The van der Waals surface area contributed by atoms with Crippen LogP contribution in [0.4, 0.5) is 11.4 Å². The van der Waals surface area contributed by atoms with Crippen LogP contribution in [-0.4, -0.2) is 51.9 Å². The smallest absolute Gasteiger partial charge is 0.338 e. The van der Waals surface area contributed by atoms with Crippen molar-refractivity contribution in [2.45, 2.75) is 0 Å². The molecule has 7 N–H and O–H groups in total. The Morgan fingerprint density at radius 2 is 1.44 bits per heavy atom. The van der Waals surface area contributed by atoms with Crippen molar-refractivity contribution in [3.8, 4) is 0 Å². The highest BCUT2D eigenvalue weighted by atomic mass is 16.4. The van der Waals surface area contributed by atoms with Gasteiger partial charge in [-0.15, -0.1) is 0 Å². The molecule has 0 heterocycles. The number of rotatable bonds is 4. The van der Waals surface area contributed by atoms with Gasteiger partial charge in [-0.25, -0.2) is 9.59 Å². The van der Waals surface area contributed by atoms with E-state index in [0.717, 1.165) is 0 Å². The van der Waals surface area contributed by atoms with Gasteiger partial charge in [-0.1, -0.05) is 24.3 Å². The molecule has 3 rings (SSSR count). The summed E-state index contributed by atoms with van der Waals surface area (Å²) in [5.74, 6) is -3.78. The van der Waals surface area contributed by atoms with Crippen LogP contribution < -0.4 is 11.5 Å². The van der Waals surface area contributed by atoms with E-state index in [9.17, 15) is 24.6 Å². The van der Waals surface area contributed by atoms with Crippen molar-refractivity contribution < 1.29 is 29.7 Å². The summed E-state index contributed by atoms with van der Waals surface area (Å²) in [6, 6.07) is 6.41. The Kier molecular flexibility index (Phi) is 4.38. The Labute approximate surface area is 152 Å². The maximum absolute atomic E-state index is 13.0. The average Bonchev–Trinajstić information content (AvgIpc) is 2.63. The van der Waals surface area contributed by atoms with Gasteiger partial charge in [0.1, 0.15) is 0 Å². The zero-order valence-electron chi connectivity index (χ0n) is 13.9. The highest BCUT2D eigenvalue weighted by molar-refractivity contribution is 6.35. The van der Waals surface area contributed by atoms with Crippen molar-refractivity contribution in [2.24, 2.45) is 4.99 Å². The summed E-state index contributed by atoms with van der Waals surface area (Å²) < 4.78 is 0. The molecule has 0 bridgehead atoms. The van der Waals surface area contributed by atoms with Crippen molar-refractivity contribution in [1.82, 2.24) is 0 Å². The van der Waals surface area contributed by atoms with Crippen LogP contribution in [-0.2, 0) is 0 Å². The number of nitrogens with zero attached hydrogens (tertiary/aromatic N) is 1. The van der Waals surface area contributed by atoms with Crippen LogP contribution in [0.1, 0.15) is 47.8 Å². The Morgan fingerprint density at radius 3 is 1.96 bits per heavy atom. The molecule has 27 heavy (non-hydrogen) atoms. The first-order chi connectivity index (χ1) is 12.8. The van der Waals surface area contributed by atoms with Gasteiger partial charge >= 0.3 is 11.9 Å². The lowest BCUT2D eigenvalue weighted by Crippen LogP contribution is -2.28. The minimum atomic E-state index is -1.61. The second-order valence-electron chi connectivity index (χ2n) is 5.77. The number of fused-ring (bicyclic) bond motifs is 2. The molecule has 0 radical (unpaired) electrons. The monoisotopic (exact) mass is 369 g/mol. The minimum absolute atomic E-state index is 0.0280. The molecule has 9 nitrogen and oxygen atoms in total. The number of benzene rings is 2. The highest BCUT2D eigenvalue weighted by Gasteiger charge is 2.37. The van der Waals surface area contributed by atoms with E-state index in [1.54, 1.807) is 18.2 Å². The largest absolute Gasteiger partial charge is 0.478 e. The highest BCUT2D eigenvalue weighted by Crippen LogP contribution is 2.39. The predicted molar refractivity (Wildman–Crippen MR) is 96.7 cm³/mol. The van der Waals surface area contributed by atoms with Crippen LogP contribution in [0.5, 0.6) is 0 Å². The van der Waals surface area contributed by atoms with Gasteiger partial charge in [-0.2, -0.15) is 0 Å². The number of aliphatic imine (C=N–C) groups is 1. The summed E-state index contributed by atoms with van der Waals surface area (Å²) in [7, 11) is 0. The Balaban J connectivity index is 2.51. The molecular formula is C18H15N3O6. The zero-order chi connectivity index (χ0) is 19.9. The Morgan fingerprint density at radius 1 is 0.926 bits per heavy atom. The van der Waals surface area contributed by atoms with Gasteiger partial charge in [-0.3, -0.25) is 9.79 Å². The second kappa shape index (κ2) is 6.54. The number of carboxylic acid groups (broad SMARTS) is 2. The number of carboxylic acids is 2. The molecule has 2 aromatic carbocycles. The number of aliphatic hydroxyl groups excluding tert-OH is 1. The molecule has 0 spiro atoms. The molecule has 9 heteroatoms. The van der Waals surface area contributed by atoms with Crippen LogP contribution in [0.15, 0.2) is 29.3 Å². The van der Waals surface area contributed by atoms with E-state index < -0.39 is 40.2 Å². The third kappa shape index (κ3) is 2.61. The number of aromatic carboxylic acids is 2. The molecule has 0 saturated carbocycles. The van der Waals surface area contributed by atoms with Gasteiger partial charge in [0, 0.05) is 16.7 Å². The maximum Gasteiger partial charge on any atom is 0.338 e. The summed E-state index contributed by atoms with van der Waals surface area (Å²) in [4.78, 5) is 40.5. The first kappa shape index (κ1) is 18.1. The average molecular weight is 369 g/mol. The number of carbonyl (C=O) groups excluding carboxylic acids is 1. The second-order valence-corrected chi connectivity index (χ2v) is 5.77. The fraction of sp³-hybridized carbons (Fsp3) is 0.111. The van der Waals surface area contributed by atoms with Crippen LogP contribution >= 0.6 is 0 Å². The first-order valence-electron chi connectivity index (χ1n) is 7.82. The quantitative estimate of drug-likeness (QED) is 0.416. The number of carbonyl (C=O) groups is 3. The maximum atomic E-state index is 13.0. The van der Waals surface area contributed by atoms with Gasteiger partial charge < -0.3 is 26.8 Å². The van der Waals surface area contributed by atoms with Crippen molar-refractivity contribution in [3.63, 3.8) is 0 Å². The SMILES string of the molecule is Nc1c(C(=O)O)c(C(=O)O)c(N)c2c1C(=O)c1ccccc1C2=NCCO. The van der Waals surface area contributed by atoms with Crippen LogP contribution in [0.2, 0.25) is 0 Å². The number of ketones is 1. The number of aliphatic hydroxyl groups is 1. The molecular weight excluding hydrogens is 354 g/mol. The van der Waals surface area contributed by atoms with E-state index in [2.05, 4.69) is 4.99 Å². The molecule has 0 unspecified atom stereocenters. The normalized spacial score (nSPS) is 14.0. The molecule has 0 atom stereocenters. The Hall–Kier alpha value is -3.72. The van der Waals surface area contributed by atoms with E-state index in [4.69, 9.17) is 16.6 Å². The van der Waals surface area contributed by atoms with Crippen molar-refractivity contribution in [3.05, 3.63) is 57.6 Å². The molecule has 0 saturated heterocycles. The predicted octanol–water partition coefficient (Wildman–Crippen LogP) is 0.621. The van der Waals surface area contributed by atoms with E-state index >= 15 is 0 Å².